The maximum Gasteiger partial charge on any atom is 0.249 e. The molecule has 2 rings (SSSR count). The molecule has 0 spiro atoms. The fourth-order valence-corrected chi connectivity index (χ4v) is 1.79. The first-order valence-corrected chi connectivity index (χ1v) is 5.75. The summed E-state index contributed by atoms with van der Waals surface area (Å²) in [6, 6.07) is 7.73. The molecule has 2 aromatic carbocycles. The van der Waals surface area contributed by atoms with Gasteiger partial charge in [0.1, 0.15) is 5.82 Å². The summed E-state index contributed by atoms with van der Waals surface area (Å²) < 4.78 is 39.5. The Morgan fingerprint density at radius 3 is 2.55 bits per heavy atom. The van der Waals surface area contributed by atoms with E-state index in [9.17, 15) is 18.0 Å². The molecule has 104 valence electrons. The van der Waals surface area contributed by atoms with Crippen molar-refractivity contribution in [3.63, 3.8) is 0 Å². The highest BCUT2D eigenvalue weighted by Gasteiger charge is 2.12. The molecular formula is C14H11F3N2O. The molecular weight excluding hydrogens is 269 g/mol. The van der Waals surface area contributed by atoms with Crippen molar-refractivity contribution >= 4 is 11.6 Å². The second-order valence-electron chi connectivity index (χ2n) is 4.12. The molecule has 0 aliphatic carbocycles. The van der Waals surface area contributed by atoms with Crippen LogP contribution in [0, 0.1) is 17.5 Å². The van der Waals surface area contributed by atoms with Crippen LogP contribution in [0.4, 0.5) is 18.9 Å². The first kappa shape index (κ1) is 13.9. The third-order valence-corrected chi connectivity index (χ3v) is 2.75. The lowest BCUT2D eigenvalue weighted by Gasteiger charge is -2.10. The quantitative estimate of drug-likeness (QED) is 0.846. The Bertz CT molecular complexity index is 659. The first-order valence-electron chi connectivity index (χ1n) is 5.75. The van der Waals surface area contributed by atoms with E-state index in [1.807, 2.05) is 0 Å². The molecule has 20 heavy (non-hydrogen) atoms. The second kappa shape index (κ2) is 5.64. The summed E-state index contributed by atoms with van der Waals surface area (Å²) in [5, 5.41) is 2.54. The van der Waals surface area contributed by atoms with Crippen LogP contribution >= 0.6 is 0 Å². The molecule has 0 fully saturated rings. The molecule has 0 aromatic heterocycles. The van der Waals surface area contributed by atoms with Crippen molar-refractivity contribution in [1.29, 1.82) is 0 Å². The fourth-order valence-electron chi connectivity index (χ4n) is 1.79. The minimum absolute atomic E-state index is 0.0128. The summed E-state index contributed by atoms with van der Waals surface area (Å²) in [4.78, 5) is 11.2. The molecule has 0 atom stereocenters. The molecule has 0 saturated carbocycles. The van der Waals surface area contributed by atoms with Crippen LogP contribution in [0.25, 0.3) is 0 Å². The van der Waals surface area contributed by atoms with Gasteiger partial charge in [0.2, 0.25) is 5.91 Å². The molecule has 0 unspecified atom stereocenters. The highest BCUT2D eigenvalue weighted by molar-refractivity contribution is 5.94. The summed E-state index contributed by atoms with van der Waals surface area (Å²) >= 11 is 0. The van der Waals surface area contributed by atoms with Crippen molar-refractivity contribution in [2.75, 3.05) is 5.32 Å². The number of nitrogens with two attached hydrogens (primary N) is 1. The molecule has 2 aromatic rings. The van der Waals surface area contributed by atoms with E-state index in [0.717, 1.165) is 6.07 Å². The minimum Gasteiger partial charge on any atom is -0.378 e. The number of rotatable bonds is 4. The standard InChI is InChI=1S/C14H11F3N2O/c15-9-5-11(16)13(17)12(6-9)19-7-8-3-1-2-4-10(8)14(18)20/h1-6,19H,7H2,(H2,18,20). The number of anilines is 1. The van der Waals surface area contributed by atoms with Gasteiger partial charge in [-0.05, 0) is 11.6 Å². The van der Waals surface area contributed by atoms with Crippen LogP contribution in [0.5, 0.6) is 0 Å². The maximum absolute atomic E-state index is 13.4. The number of halogens is 3. The van der Waals surface area contributed by atoms with E-state index in [0.29, 0.717) is 11.6 Å². The highest BCUT2D eigenvalue weighted by atomic mass is 19.2. The first-order chi connectivity index (χ1) is 9.49. The van der Waals surface area contributed by atoms with Crippen LogP contribution in [-0.2, 0) is 6.54 Å². The second-order valence-corrected chi connectivity index (χ2v) is 4.12. The monoisotopic (exact) mass is 280 g/mol. The van der Waals surface area contributed by atoms with Gasteiger partial charge in [-0.1, -0.05) is 18.2 Å². The normalized spacial score (nSPS) is 10.3. The zero-order chi connectivity index (χ0) is 14.7. The van der Waals surface area contributed by atoms with Crippen LogP contribution in [0.15, 0.2) is 36.4 Å². The molecule has 3 N–H and O–H groups in total. The SMILES string of the molecule is NC(=O)c1ccccc1CNc1cc(F)cc(F)c1F. The van der Waals surface area contributed by atoms with E-state index in [1.54, 1.807) is 18.2 Å². The van der Waals surface area contributed by atoms with Crippen LogP contribution in [-0.4, -0.2) is 5.91 Å². The van der Waals surface area contributed by atoms with Gasteiger partial charge in [-0.2, -0.15) is 0 Å². The van der Waals surface area contributed by atoms with Crippen molar-refractivity contribution in [1.82, 2.24) is 0 Å². The van der Waals surface area contributed by atoms with Gasteiger partial charge >= 0.3 is 0 Å². The van der Waals surface area contributed by atoms with Crippen molar-refractivity contribution in [2.45, 2.75) is 6.54 Å². The van der Waals surface area contributed by atoms with Crippen LogP contribution < -0.4 is 11.1 Å². The molecule has 3 nitrogen and oxygen atoms in total. The van der Waals surface area contributed by atoms with E-state index in [-0.39, 0.29) is 17.8 Å². The Balaban J connectivity index is 2.24. The number of hydrogen-bond donors (Lipinski definition) is 2. The van der Waals surface area contributed by atoms with Gasteiger partial charge in [-0.15, -0.1) is 0 Å². The number of hydrogen-bond acceptors (Lipinski definition) is 2. The third-order valence-electron chi connectivity index (χ3n) is 2.75. The number of benzene rings is 2. The summed E-state index contributed by atoms with van der Waals surface area (Å²) in [5.74, 6) is -3.98. The lowest BCUT2D eigenvalue weighted by Crippen LogP contribution is -2.15. The predicted octanol–water partition coefficient (Wildman–Crippen LogP) is 2.81. The maximum atomic E-state index is 13.4. The number of amides is 1. The third kappa shape index (κ3) is 2.90. The lowest BCUT2D eigenvalue weighted by atomic mass is 10.1. The van der Waals surface area contributed by atoms with Crippen molar-refractivity contribution in [3.05, 3.63) is 65.0 Å². The average molecular weight is 280 g/mol. The molecule has 0 heterocycles. The zero-order valence-corrected chi connectivity index (χ0v) is 10.3. The van der Waals surface area contributed by atoms with Crippen LogP contribution in [0.1, 0.15) is 15.9 Å². The topological polar surface area (TPSA) is 55.1 Å². The number of carbonyl (C=O) groups excluding carboxylic acids is 1. The van der Waals surface area contributed by atoms with Crippen molar-refractivity contribution in [3.8, 4) is 0 Å². The fraction of sp³-hybridized carbons (Fsp3) is 0.0714. The van der Waals surface area contributed by atoms with E-state index in [4.69, 9.17) is 5.73 Å². The molecule has 6 heteroatoms. The Kier molecular flexibility index (Phi) is 3.93. The Morgan fingerprint density at radius 1 is 1.15 bits per heavy atom. The van der Waals surface area contributed by atoms with E-state index in [2.05, 4.69) is 5.32 Å². The van der Waals surface area contributed by atoms with Crippen LogP contribution in [0.2, 0.25) is 0 Å². The number of primary amides is 1. The Hall–Kier alpha value is -2.50. The van der Waals surface area contributed by atoms with Gasteiger partial charge in [-0.25, -0.2) is 13.2 Å². The molecule has 0 aliphatic heterocycles. The van der Waals surface area contributed by atoms with Crippen LogP contribution in [0.3, 0.4) is 0 Å². The minimum atomic E-state index is -1.28. The van der Waals surface area contributed by atoms with E-state index >= 15 is 0 Å². The highest BCUT2D eigenvalue weighted by Crippen LogP contribution is 2.20. The van der Waals surface area contributed by atoms with Gasteiger partial charge in [-0.3, -0.25) is 4.79 Å². The lowest BCUT2D eigenvalue weighted by molar-refractivity contribution is 0.0999. The number of carbonyl (C=O) groups is 1. The van der Waals surface area contributed by atoms with Crippen molar-refractivity contribution in [2.24, 2.45) is 5.73 Å². The summed E-state index contributed by atoms with van der Waals surface area (Å²) in [6.07, 6.45) is 0. The summed E-state index contributed by atoms with van der Waals surface area (Å²) in [6.45, 7) is 0.0128. The zero-order valence-electron chi connectivity index (χ0n) is 10.3. The molecule has 1 amide bonds. The van der Waals surface area contributed by atoms with Gasteiger partial charge in [0.05, 0.1) is 5.69 Å². The largest absolute Gasteiger partial charge is 0.378 e. The predicted molar refractivity (Wildman–Crippen MR) is 68.6 cm³/mol. The summed E-state index contributed by atoms with van der Waals surface area (Å²) in [5.41, 5.74) is 5.65. The van der Waals surface area contributed by atoms with E-state index in [1.165, 1.54) is 6.07 Å². The Labute approximate surface area is 113 Å². The molecule has 0 saturated heterocycles. The van der Waals surface area contributed by atoms with E-state index < -0.39 is 23.4 Å². The smallest absolute Gasteiger partial charge is 0.249 e. The molecule has 0 aliphatic rings. The van der Waals surface area contributed by atoms with Crippen molar-refractivity contribution < 1.29 is 18.0 Å². The molecule has 0 radical (unpaired) electrons. The van der Waals surface area contributed by atoms with Gasteiger partial charge in [0.25, 0.3) is 0 Å². The molecule has 0 bridgehead atoms. The Morgan fingerprint density at radius 2 is 1.85 bits per heavy atom. The summed E-state index contributed by atoms with van der Waals surface area (Å²) in [7, 11) is 0. The van der Waals surface area contributed by atoms with Gasteiger partial charge < -0.3 is 11.1 Å². The van der Waals surface area contributed by atoms with Gasteiger partial charge in [0.15, 0.2) is 11.6 Å². The average Bonchev–Trinajstić information content (AvgIpc) is 2.41. The van der Waals surface area contributed by atoms with Gasteiger partial charge in [0, 0.05) is 24.2 Å². The number of nitrogens with one attached hydrogen (secondary N) is 1.